The molecule has 3 heteroatoms. The van der Waals surface area contributed by atoms with Gasteiger partial charge in [-0.05, 0) is 19.4 Å². The first kappa shape index (κ1) is 7.75. The predicted octanol–water partition coefficient (Wildman–Crippen LogP) is 0.802. The molecule has 1 aliphatic heterocycles. The summed E-state index contributed by atoms with van der Waals surface area (Å²) in [6, 6.07) is 0.682. The van der Waals surface area contributed by atoms with Crippen molar-refractivity contribution in [3.63, 3.8) is 0 Å². The largest absolute Gasteiger partial charge is 0.329 e. The van der Waals surface area contributed by atoms with E-state index < -0.39 is 0 Å². The van der Waals surface area contributed by atoms with Gasteiger partial charge in [-0.3, -0.25) is 4.90 Å². The summed E-state index contributed by atoms with van der Waals surface area (Å²) < 4.78 is 1.14. The number of nitrogens with two attached hydrogens (primary N) is 1. The highest BCUT2D eigenvalue weighted by atomic mass is 127. The molecule has 2 nitrogen and oxygen atoms in total. The van der Waals surface area contributed by atoms with Crippen LogP contribution in [0.15, 0.2) is 0 Å². The molecule has 1 atom stereocenters. The van der Waals surface area contributed by atoms with E-state index in [-0.39, 0.29) is 0 Å². The van der Waals surface area contributed by atoms with E-state index in [9.17, 15) is 0 Å². The summed E-state index contributed by atoms with van der Waals surface area (Å²) >= 11 is 2.40. The van der Waals surface area contributed by atoms with Gasteiger partial charge >= 0.3 is 0 Å². The van der Waals surface area contributed by atoms with E-state index in [2.05, 4.69) is 27.5 Å². The molecule has 2 N–H and O–H groups in total. The first-order chi connectivity index (χ1) is 4.38. The van der Waals surface area contributed by atoms with E-state index in [0.717, 1.165) is 11.1 Å². The average Bonchev–Trinajstić information content (AvgIpc) is 2.33. The molecule has 1 rings (SSSR count). The zero-order valence-electron chi connectivity index (χ0n) is 5.52. The van der Waals surface area contributed by atoms with Gasteiger partial charge in [0.2, 0.25) is 0 Å². The lowest BCUT2D eigenvalue weighted by atomic mass is 10.2. The molecule has 0 aromatic rings. The van der Waals surface area contributed by atoms with Gasteiger partial charge in [0.15, 0.2) is 0 Å². The Morgan fingerprint density at radius 2 is 2.44 bits per heavy atom. The van der Waals surface area contributed by atoms with Crippen LogP contribution in [0.4, 0.5) is 0 Å². The number of hydrogen-bond acceptors (Lipinski definition) is 2. The summed E-state index contributed by atoms with van der Waals surface area (Å²) in [7, 11) is 0. The Labute approximate surface area is 69.9 Å². The van der Waals surface area contributed by atoms with Gasteiger partial charge in [0.25, 0.3) is 0 Å². The maximum atomic E-state index is 5.55. The average molecular weight is 240 g/mol. The summed E-state index contributed by atoms with van der Waals surface area (Å²) in [5, 5.41) is 0. The van der Waals surface area contributed by atoms with E-state index >= 15 is 0 Å². The molecular weight excluding hydrogens is 227 g/mol. The molecule has 54 valence electrons. The Morgan fingerprint density at radius 1 is 1.67 bits per heavy atom. The quantitative estimate of drug-likeness (QED) is 0.439. The molecule has 1 aliphatic rings. The maximum Gasteiger partial charge on any atom is 0.0509 e. The van der Waals surface area contributed by atoms with E-state index in [0.29, 0.717) is 6.04 Å². The van der Waals surface area contributed by atoms with E-state index in [4.69, 9.17) is 5.73 Å². The molecule has 1 saturated heterocycles. The van der Waals surface area contributed by atoms with Crippen molar-refractivity contribution in [2.75, 3.05) is 17.6 Å². The zero-order chi connectivity index (χ0) is 6.69. The number of halogens is 1. The molecule has 0 radical (unpaired) electrons. The molecule has 0 aromatic carbocycles. The molecule has 0 bridgehead atoms. The number of rotatable bonds is 2. The minimum Gasteiger partial charge on any atom is -0.329 e. The van der Waals surface area contributed by atoms with Crippen molar-refractivity contribution in [1.29, 1.82) is 0 Å². The van der Waals surface area contributed by atoms with Gasteiger partial charge in [0.1, 0.15) is 0 Å². The Kier molecular flexibility index (Phi) is 3.21. The summed E-state index contributed by atoms with van der Waals surface area (Å²) in [6.45, 7) is 2.09. The summed E-state index contributed by atoms with van der Waals surface area (Å²) in [6.07, 6.45) is 2.64. The highest BCUT2D eigenvalue weighted by Crippen LogP contribution is 2.16. The molecule has 0 amide bonds. The van der Waals surface area contributed by atoms with E-state index in [1.165, 1.54) is 19.4 Å². The topological polar surface area (TPSA) is 29.3 Å². The molecular formula is C6H13IN2. The molecule has 1 fully saturated rings. The second-order valence-corrected chi connectivity index (χ2v) is 3.15. The van der Waals surface area contributed by atoms with Crippen LogP contribution in [-0.4, -0.2) is 28.6 Å². The third kappa shape index (κ3) is 1.78. The molecule has 0 saturated carbocycles. The normalized spacial score (nSPS) is 29.3. The number of likely N-dealkylation sites (tertiary alicyclic amines) is 1. The lowest BCUT2D eigenvalue weighted by Crippen LogP contribution is -2.34. The smallest absolute Gasteiger partial charge is 0.0509 e. The standard InChI is InChI=1S/C6H13IN2/c7-5-9-3-1-2-6(9)4-8/h6H,1-5,8H2. The summed E-state index contributed by atoms with van der Waals surface area (Å²) in [4.78, 5) is 2.44. The van der Waals surface area contributed by atoms with Crippen molar-refractivity contribution in [1.82, 2.24) is 4.90 Å². The molecule has 0 aromatic heterocycles. The number of hydrogen-bond donors (Lipinski definition) is 1. The minimum absolute atomic E-state index is 0.682. The molecule has 1 unspecified atom stereocenters. The van der Waals surface area contributed by atoms with Crippen molar-refractivity contribution in [2.24, 2.45) is 5.73 Å². The first-order valence-electron chi connectivity index (χ1n) is 3.38. The van der Waals surface area contributed by atoms with Gasteiger partial charge in [-0.15, -0.1) is 0 Å². The van der Waals surface area contributed by atoms with Crippen LogP contribution in [0.1, 0.15) is 12.8 Å². The Balaban J connectivity index is 2.32. The minimum atomic E-state index is 0.682. The lowest BCUT2D eigenvalue weighted by molar-refractivity contribution is 0.311. The van der Waals surface area contributed by atoms with Gasteiger partial charge in [0, 0.05) is 12.6 Å². The number of alkyl halides is 1. The fourth-order valence-corrected chi connectivity index (χ4v) is 2.22. The van der Waals surface area contributed by atoms with Crippen LogP contribution in [0.2, 0.25) is 0 Å². The van der Waals surface area contributed by atoms with Crippen LogP contribution in [0.3, 0.4) is 0 Å². The third-order valence-corrected chi connectivity index (χ3v) is 2.80. The second kappa shape index (κ2) is 3.73. The van der Waals surface area contributed by atoms with Crippen molar-refractivity contribution in [3.05, 3.63) is 0 Å². The van der Waals surface area contributed by atoms with E-state index in [1.807, 2.05) is 0 Å². The van der Waals surface area contributed by atoms with Crippen molar-refractivity contribution in [3.8, 4) is 0 Å². The van der Waals surface area contributed by atoms with E-state index in [1.54, 1.807) is 0 Å². The van der Waals surface area contributed by atoms with Gasteiger partial charge in [-0.25, -0.2) is 0 Å². The monoisotopic (exact) mass is 240 g/mol. The second-order valence-electron chi connectivity index (χ2n) is 2.46. The van der Waals surface area contributed by atoms with Crippen LogP contribution in [0.25, 0.3) is 0 Å². The van der Waals surface area contributed by atoms with Crippen LogP contribution in [-0.2, 0) is 0 Å². The van der Waals surface area contributed by atoms with Gasteiger partial charge in [0.05, 0.1) is 4.55 Å². The number of nitrogens with zero attached hydrogens (tertiary/aromatic N) is 1. The third-order valence-electron chi connectivity index (χ3n) is 1.92. The van der Waals surface area contributed by atoms with Crippen LogP contribution >= 0.6 is 22.6 Å². The fraction of sp³-hybridized carbons (Fsp3) is 1.00. The molecule has 0 aliphatic carbocycles. The zero-order valence-corrected chi connectivity index (χ0v) is 7.67. The Hall–Kier alpha value is 0.650. The predicted molar refractivity (Wildman–Crippen MR) is 47.7 cm³/mol. The van der Waals surface area contributed by atoms with Crippen molar-refractivity contribution < 1.29 is 0 Å². The Bertz CT molecular complexity index is 77.1. The van der Waals surface area contributed by atoms with Gasteiger partial charge in [-0.1, -0.05) is 22.6 Å². The van der Waals surface area contributed by atoms with Gasteiger partial charge in [-0.2, -0.15) is 0 Å². The SMILES string of the molecule is NCC1CCCN1CI. The van der Waals surface area contributed by atoms with Crippen LogP contribution in [0, 0.1) is 0 Å². The van der Waals surface area contributed by atoms with Crippen LogP contribution < -0.4 is 5.73 Å². The highest BCUT2D eigenvalue weighted by Gasteiger charge is 2.20. The van der Waals surface area contributed by atoms with Crippen molar-refractivity contribution in [2.45, 2.75) is 18.9 Å². The van der Waals surface area contributed by atoms with Crippen molar-refractivity contribution >= 4 is 22.6 Å². The first-order valence-corrected chi connectivity index (χ1v) is 4.91. The summed E-state index contributed by atoms with van der Waals surface area (Å²) in [5.74, 6) is 0. The maximum absolute atomic E-state index is 5.55. The van der Waals surface area contributed by atoms with Gasteiger partial charge < -0.3 is 5.73 Å². The molecule has 0 spiro atoms. The lowest BCUT2D eigenvalue weighted by Gasteiger charge is -2.19. The fourth-order valence-electron chi connectivity index (χ4n) is 1.32. The molecule has 1 heterocycles. The van der Waals surface area contributed by atoms with Crippen LogP contribution in [0.5, 0.6) is 0 Å². The molecule has 9 heavy (non-hydrogen) atoms. The Morgan fingerprint density at radius 3 is 2.89 bits per heavy atom. The summed E-state index contributed by atoms with van der Waals surface area (Å²) in [5.41, 5.74) is 5.55. The highest BCUT2D eigenvalue weighted by molar-refractivity contribution is 14.1.